The maximum absolute atomic E-state index is 2.45. The number of aryl methyl sites for hydroxylation is 6. The van der Waals surface area contributed by atoms with E-state index >= 15 is 0 Å². The summed E-state index contributed by atoms with van der Waals surface area (Å²) in [6, 6.07) is 150. The van der Waals surface area contributed by atoms with E-state index in [-0.39, 0.29) is 0 Å². The second kappa shape index (κ2) is 39.1. The first-order valence-electron chi connectivity index (χ1n) is 45.8. The largest absolute Gasteiger partial charge is 0.200 e. The maximum atomic E-state index is 2.45. The lowest BCUT2D eigenvalue weighted by Crippen LogP contribution is -2.67. The zero-order chi connectivity index (χ0) is 84.5. The van der Waals surface area contributed by atoms with Gasteiger partial charge >= 0.3 is 0 Å². The summed E-state index contributed by atoms with van der Waals surface area (Å²) in [5, 5.41) is 16.3. The van der Waals surface area contributed by atoms with Crippen LogP contribution in [-0.2, 0) is 0 Å². The van der Waals surface area contributed by atoms with E-state index in [0.29, 0.717) is 0 Å². The molecule has 0 bridgehead atoms. The van der Waals surface area contributed by atoms with Crippen molar-refractivity contribution in [2.75, 3.05) is 0 Å². The van der Waals surface area contributed by atoms with Crippen LogP contribution in [0.2, 0.25) is 25.3 Å². The van der Waals surface area contributed by atoms with Gasteiger partial charge in [0.1, 0.15) is 0 Å². The molecule has 0 radical (unpaired) electrons. The van der Waals surface area contributed by atoms with E-state index in [2.05, 4.69) is 470 Å². The molecule has 122 heavy (non-hydrogen) atoms. The van der Waals surface area contributed by atoms with Crippen molar-refractivity contribution in [3.63, 3.8) is 0 Å². The molecule has 0 atom stereocenters. The molecular weight excluding hydrogens is 1460 g/mol. The molecule has 0 aromatic heterocycles. The van der Waals surface area contributed by atoms with Gasteiger partial charge in [0.2, 0.25) is 0 Å². The van der Waals surface area contributed by atoms with Crippen LogP contribution in [-0.4, -0.2) is 24.6 Å². The van der Waals surface area contributed by atoms with Crippen LogP contribution in [0.1, 0.15) is 112 Å². The summed E-state index contributed by atoms with van der Waals surface area (Å²) in [6.07, 6.45) is 9.78. The third-order valence-electron chi connectivity index (χ3n) is 28.2. The highest BCUT2D eigenvalue weighted by atomic mass is 14.2. The van der Waals surface area contributed by atoms with E-state index in [1.165, 1.54) is 228 Å². The molecule has 0 N–H and O–H groups in total. The number of unbranched alkanes of at least 4 members (excludes halogenated alkanes) is 4. The Morgan fingerprint density at radius 1 is 0.156 bits per heavy atom. The van der Waals surface area contributed by atoms with Gasteiger partial charge in [-0.1, -0.05) is 528 Å². The van der Waals surface area contributed by atoms with E-state index < -0.39 is 24.6 Å². The van der Waals surface area contributed by atoms with Crippen LogP contribution in [0.4, 0.5) is 0 Å². The number of benzene rings is 18. The number of rotatable bonds is 24. The lowest BCUT2D eigenvalue weighted by molar-refractivity contribution is 0.874. The van der Waals surface area contributed by atoms with E-state index in [1.54, 1.807) is 0 Å². The van der Waals surface area contributed by atoms with Crippen LogP contribution < -0.4 is 65.6 Å². The summed E-state index contributed by atoms with van der Waals surface area (Å²) in [7, 11) is 0. The number of hydrogen-bond donors (Lipinski definition) is 0. The second-order valence-corrected chi connectivity index (χ2v) is 35.5. The minimum absolute atomic E-state index is 0.913. The fraction of sp³-hybridized carbons (Fsp3) is 0.186. The molecule has 0 aliphatic heterocycles. The maximum Gasteiger partial charge on any atom is 0.0837 e. The van der Waals surface area contributed by atoms with Gasteiger partial charge in [-0.15, -0.1) is 0 Å². The van der Waals surface area contributed by atoms with Gasteiger partial charge in [0.25, 0.3) is 0 Å². The van der Waals surface area contributed by atoms with Crippen LogP contribution in [0.25, 0.3) is 64.6 Å². The Hall–Kier alpha value is -12.2. The Morgan fingerprint density at radius 2 is 0.352 bits per heavy atom. The summed E-state index contributed by atoms with van der Waals surface area (Å²) in [5.74, 6) is 0. The van der Waals surface area contributed by atoms with Crippen LogP contribution >= 0.6 is 0 Å². The summed E-state index contributed by atoms with van der Waals surface area (Å²) < 4.78 is 0. The van der Waals surface area contributed by atoms with Crippen molar-refractivity contribution in [2.45, 2.75) is 146 Å². The first-order chi connectivity index (χ1) is 59.8. The zero-order valence-electron chi connectivity index (χ0n) is 73.9. The molecule has 0 aliphatic rings. The average Bonchev–Trinajstić information content (AvgIpc) is 0.716. The third-order valence-corrected chi connectivity index (χ3v) is 28.2. The van der Waals surface area contributed by atoms with Crippen molar-refractivity contribution in [2.24, 2.45) is 0 Å². The predicted octanol–water partition coefficient (Wildman–Crippen LogP) is 24.6. The smallest absolute Gasteiger partial charge is 0.0837 e. The number of fused-ring (bicyclic) bond motifs is 6. The Balaban J connectivity index is 0.000000129. The Bertz CT molecular complexity index is 5890. The lowest BCUT2D eigenvalue weighted by Gasteiger charge is -2.46. The minimum Gasteiger partial charge on any atom is -0.200 e. The molecule has 0 amide bonds. The Labute approximate surface area is 729 Å². The van der Waals surface area contributed by atoms with Crippen molar-refractivity contribution in [3.05, 3.63) is 434 Å². The molecule has 0 unspecified atom stereocenters. The highest BCUT2D eigenvalue weighted by Crippen LogP contribution is 2.33. The third kappa shape index (κ3) is 17.0. The van der Waals surface area contributed by atoms with Crippen LogP contribution in [0.15, 0.2) is 400 Å². The predicted molar refractivity (Wildman–Crippen MR) is 548 cm³/mol. The fourth-order valence-electron chi connectivity index (χ4n) is 21.9. The van der Waals surface area contributed by atoms with Crippen molar-refractivity contribution >= 4 is 155 Å². The van der Waals surface area contributed by atoms with Crippen molar-refractivity contribution < 1.29 is 0 Å². The van der Waals surface area contributed by atoms with E-state index in [4.69, 9.17) is 0 Å². The van der Waals surface area contributed by atoms with Gasteiger partial charge in [-0.2, -0.15) is 90.8 Å². The zero-order valence-corrected chi connectivity index (χ0v) is 73.9. The number of hydrogen-bond acceptors (Lipinski definition) is 0. The van der Waals surface area contributed by atoms with Crippen molar-refractivity contribution in [3.8, 4) is 0 Å². The van der Waals surface area contributed by atoms with Crippen molar-refractivity contribution in [1.82, 2.24) is 0 Å². The van der Waals surface area contributed by atoms with Gasteiger partial charge in [0.05, 0.1) is 24.6 Å². The molecule has 18 aromatic rings. The van der Waals surface area contributed by atoms with Crippen molar-refractivity contribution in [1.29, 1.82) is 0 Å². The summed E-state index contributed by atoms with van der Waals surface area (Å²) in [6.45, 7) is 22.5. The molecule has 0 nitrogen and oxygen atoms in total. The Morgan fingerprint density at radius 3 is 0.607 bits per heavy atom. The van der Waals surface area contributed by atoms with Gasteiger partial charge in [-0.3, -0.25) is 0 Å². The lowest BCUT2D eigenvalue weighted by atomic mass is 9.13. The first kappa shape index (κ1) is 84.8. The minimum atomic E-state index is -1.29. The van der Waals surface area contributed by atoms with Gasteiger partial charge < -0.3 is 0 Å². The molecule has 0 fully saturated rings. The fourth-order valence-corrected chi connectivity index (χ4v) is 21.9. The Kier molecular flexibility index (Phi) is 27.2. The molecular formula is C118H120B4-4. The second-order valence-electron chi connectivity index (χ2n) is 35.5. The highest BCUT2D eigenvalue weighted by molar-refractivity contribution is 7.16. The molecule has 18 aromatic carbocycles. The summed E-state index contributed by atoms with van der Waals surface area (Å²) in [5.41, 5.74) is 25.5. The normalized spacial score (nSPS) is 11.8. The summed E-state index contributed by atoms with van der Waals surface area (Å²) >= 11 is 0. The molecule has 0 aliphatic carbocycles. The van der Waals surface area contributed by atoms with Crippen LogP contribution in [0.3, 0.4) is 0 Å². The standard InChI is InChI=1S/C37H36B.C34H30B.C25H30B.C22H24B/c1-5-6-25-38(35-22-19-26(2)29-13-7-10-16-32(29)35,36-23-20-27(3)30-14-8-11-17-33(30)36)37-24-21-28(4)31-15-9-12-18-34(31)37;1-2-3-25-35(32-22-10-16-26-13-4-7-19-29(26)32,33-23-11-17-27-14-5-8-20-30(27)33)34-24-12-18-28-15-6-9-21-31(28)34;1-5-6-19-26(23-13-7-20(2)8-14-23,24-15-9-21(3)10-16-24)25-17-11-22(4)12-18-25;1-2-3-19-23(20-13-7-4-8-14-20,21-15-9-5-10-16-21)22-17-11-6-12-18-22/h7-24H,5-6,25H2,1-4H3;4-24H,2-3,25H2,1H3;7-18H,5-6,19H2,1-4H3;4-18H,2-3,19H2,1H3/q4*-1. The van der Waals surface area contributed by atoms with Crippen LogP contribution in [0.5, 0.6) is 0 Å². The van der Waals surface area contributed by atoms with Gasteiger partial charge in [-0.05, 0) is 90.6 Å². The van der Waals surface area contributed by atoms with Gasteiger partial charge in [0, 0.05) is 0 Å². The van der Waals surface area contributed by atoms with Crippen LogP contribution in [0, 0.1) is 41.5 Å². The SMILES string of the molecule is CCCC[B-](c1ccc(C)c2ccccc12)(c1ccc(C)c2ccccc12)c1ccc(C)c2ccccc12.CCCC[B-](c1ccc(C)cc1)(c1ccc(C)cc1)c1ccc(C)cc1.CCCC[B-](c1cccc2ccccc12)(c1cccc2ccccc12)c1cccc2ccccc12.CCCC[B-](c1ccccc1)(c1ccccc1)c1ccccc1. The van der Waals surface area contributed by atoms with Gasteiger partial charge in [-0.25, -0.2) is 0 Å². The topological polar surface area (TPSA) is 0 Å². The first-order valence-corrected chi connectivity index (χ1v) is 45.8. The average molecular weight is 1580 g/mol. The van der Waals surface area contributed by atoms with Gasteiger partial charge in [0.15, 0.2) is 0 Å². The molecule has 4 heteroatoms. The molecule has 0 saturated heterocycles. The molecule has 0 saturated carbocycles. The summed E-state index contributed by atoms with van der Waals surface area (Å²) in [4.78, 5) is 0. The molecule has 18 rings (SSSR count). The molecule has 0 heterocycles. The molecule has 608 valence electrons. The van der Waals surface area contributed by atoms with E-state index in [9.17, 15) is 0 Å². The van der Waals surface area contributed by atoms with E-state index in [1.807, 2.05) is 0 Å². The highest BCUT2D eigenvalue weighted by Gasteiger charge is 2.37. The molecule has 0 spiro atoms. The quantitative estimate of drug-likeness (QED) is 0.0529. The monoisotopic (exact) mass is 1580 g/mol. The van der Waals surface area contributed by atoms with E-state index in [0.717, 1.165) is 12.6 Å².